The lowest BCUT2D eigenvalue weighted by Crippen LogP contribution is -1.97. The zero-order valence-corrected chi connectivity index (χ0v) is 8.86. The largest absolute Gasteiger partial charge is 0.504 e. The Morgan fingerprint density at radius 3 is 2.29 bits per heavy atom. The van der Waals surface area contributed by atoms with Crippen LogP contribution in [0.5, 0.6) is 11.5 Å². The van der Waals surface area contributed by atoms with Crippen LogP contribution in [0.3, 0.4) is 0 Å². The number of hydrogen-bond donors (Lipinski definition) is 1. The molecule has 2 aromatic rings. The number of aromatic hydroxyl groups is 1. The number of hydrogen-bond acceptors (Lipinski definition) is 2. The van der Waals surface area contributed by atoms with Crippen LogP contribution in [0, 0.1) is 11.6 Å². The lowest BCUT2D eigenvalue weighted by Gasteiger charge is -2.07. The van der Waals surface area contributed by atoms with Crippen LogP contribution in [0.2, 0.25) is 0 Å². The molecular formula is C13H10F2O2. The van der Waals surface area contributed by atoms with Crippen molar-refractivity contribution in [2.45, 2.75) is 6.61 Å². The molecule has 0 heterocycles. The van der Waals surface area contributed by atoms with Crippen LogP contribution in [0.1, 0.15) is 5.56 Å². The Balaban J connectivity index is 2.10. The molecule has 0 radical (unpaired) electrons. The molecule has 0 bridgehead atoms. The van der Waals surface area contributed by atoms with Crippen LogP contribution >= 0.6 is 0 Å². The second-order valence-corrected chi connectivity index (χ2v) is 3.53. The number of benzene rings is 2. The Morgan fingerprint density at radius 1 is 1.00 bits per heavy atom. The minimum absolute atomic E-state index is 0.00769. The van der Waals surface area contributed by atoms with Gasteiger partial charge < -0.3 is 9.84 Å². The van der Waals surface area contributed by atoms with Gasteiger partial charge in [0.1, 0.15) is 18.2 Å². The van der Waals surface area contributed by atoms with Gasteiger partial charge in [-0.15, -0.1) is 0 Å². The highest BCUT2D eigenvalue weighted by Gasteiger charge is 2.04. The van der Waals surface area contributed by atoms with Crippen molar-refractivity contribution in [1.29, 1.82) is 0 Å². The molecule has 0 amide bonds. The van der Waals surface area contributed by atoms with Gasteiger partial charge in [0.15, 0.2) is 11.5 Å². The summed E-state index contributed by atoms with van der Waals surface area (Å²) >= 11 is 0. The standard InChI is InChI=1S/C13H10F2O2/c14-10-5-9(6-11(15)7-10)8-17-13-4-2-1-3-12(13)16/h1-7,16H,8H2. The van der Waals surface area contributed by atoms with Gasteiger partial charge in [-0.05, 0) is 29.8 Å². The summed E-state index contributed by atoms with van der Waals surface area (Å²) in [5.41, 5.74) is 0.366. The summed E-state index contributed by atoms with van der Waals surface area (Å²) < 4.78 is 31.0. The van der Waals surface area contributed by atoms with Crippen LogP contribution in [0.15, 0.2) is 42.5 Å². The Hall–Kier alpha value is -2.10. The predicted octanol–water partition coefficient (Wildman–Crippen LogP) is 3.25. The van der Waals surface area contributed by atoms with Gasteiger partial charge in [0.25, 0.3) is 0 Å². The smallest absolute Gasteiger partial charge is 0.161 e. The predicted molar refractivity (Wildman–Crippen MR) is 58.8 cm³/mol. The number of rotatable bonds is 3. The van der Waals surface area contributed by atoms with E-state index in [4.69, 9.17) is 4.74 Å². The molecule has 17 heavy (non-hydrogen) atoms. The van der Waals surface area contributed by atoms with Crippen LogP contribution in [-0.4, -0.2) is 5.11 Å². The molecule has 0 fully saturated rings. The summed E-state index contributed by atoms with van der Waals surface area (Å²) in [4.78, 5) is 0. The second-order valence-electron chi connectivity index (χ2n) is 3.53. The van der Waals surface area contributed by atoms with Gasteiger partial charge in [0, 0.05) is 6.07 Å². The average Bonchev–Trinajstić information content (AvgIpc) is 2.27. The van der Waals surface area contributed by atoms with Crippen molar-refractivity contribution >= 4 is 0 Å². The molecule has 2 rings (SSSR count). The van der Waals surface area contributed by atoms with E-state index in [0.717, 1.165) is 6.07 Å². The molecule has 0 unspecified atom stereocenters. The first-order valence-corrected chi connectivity index (χ1v) is 5.01. The SMILES string of the molecule is Oc1ccccc1OCc1cc(F)cc(F)c1. The minimum atomic E-state index is -0.652. The van der Waals surface area contributed by atoms with Gasteiger partial charge in [-0.2, -0.15) is 0 Å². The van der Waals surface area contributed by atoms with Gasteiger partial charge in [-0.1, -0.05) is 12.1 Å². The van der Waals surface area contributed by atoms with E-state index in [2.05, 4.69) is 0 Å². The quantitative estimate of drug-likeness (QED) is 0.886. The van der Waals surface area contributed by atoms with E-state index < -0.39 is 11.6 Å². The van der Waals surface area contributed by atoms with Crippen molar-refractivity contribution in [2.75, 3.05) is 0 Å². The Kier molecular flexibility index (Phi) is 3.23. The van der Waals surface area contributed by atoms with Crippen LogP contribution in [-0.2, 0) is 6.61 Å². The van der Waals surface area contributed by atoms with E-state index in [1.807, 2.05) is 0 Å². The molecular weight excluding hydrogens is 226 g/mol. The third-order valence-corrected chi connectivity index (χ3v) is 2.18. The highest BCUT2D eigenvalue weighted by molar-refractivity contribution is 5.38. The fourth-order valence-corrected chi connectivity index (χ4v) is 1.43. The minimum Gasteiger partial charge on any atom is -0.504 e. The van der Waals surface area contributed by atoms with Gasteiger partial charge in [-0.25, -0.2) is 8.78 Å². The molecule has 1 N–H and O–H groups in total. The van der Waals surface area contributed by atoms with Crippen molar-refractivity contribution < 1.29 is 18.6 Å². The summed E-state index contributed by atoms with van der Waals surface area (Å²) in [7, 11) is 0. The summed E-state index contributed by atoms with van der Waals surface area (Å²) in [6, 6.07) is 9.56. The first-order valence-electron chi connectivity index (χ1n) is 5.01. The van der Waals surface area contributed by atoms with Crippen molar-refractivity contribution in [3.05, 3.63) is 59.7 Å². The Bertz CT molecular complexity index is 506. The third kappa shape index (κ3) is 2.93. The monoisotopic (exact) mass is 236 g/mol. The van der Waals surface area contributed by atoms with Crippen molar-refractivity contribution in [3.8, 4) is 11.5 Å². The summed E-state index contributed by atoms with van der Waals surface area (Å²) in [5.74, 6) is -1.04. The van der Waals surface area contributed by atoms with E-state index in [9.17, 15) is 13.9 Å². The lowest BCUT2D eigenvalue weighted by molar-refractivity contribution is 0.288. The zero-order chi connectivity index (χ0) is 12.3. The van der Waals surface area contributed by atoms with Crippen molar-refractivity contribution in [1.82, 2.24) is 0 Å². The molecule has 0 aliphatic carbocycles. The molecule has 0 saturated carbocycles. The van der Waals surface area contributed by atoms with Crippen molar-refractivity contribution in [2.24, 2.45) is 0 Å². The maximum absolute atomic E-state index is 12.9. The fraction of sp³-hybridized carbons (Fsp3) is 0.0769. The Morgan fingerprint density at radius 2 is 1.65 bits per heavy atom. The number of phenolic OH excluding ortho intramolecular Hbond substituents is 1. The first-order chi connectivity index (χ1) is 8.15. The Labute approximate surface area is 97.1 Å². The fourth-order valence-electron chi connectivity index (χ4n) is 1.43. The maximum atomic E-state index is 12.9. The first kappa shape index (κ1) is 11.4. The molecule has 2 aromatic carbocycles. The van der Waals surface area contributed by atoms with E-state index in [0.29, 0.717) is 5.56 Å². The zero-order valence-electron chi connectivity index (χ0n) is 8.86. The highest BCUT2D eigenvalue weighted by Crippen LogP contribution is 2.25. The van der Waals surface area contributed by atoms with E-state index in [1.165, 1.54) is 18.2 Å². The number of ether oxygens (including phenoxy) is 1. The maximum Gasteiger partial charge on any atom is 0.161 e. The summed E-state index contributed by atoms with van der Waals surface area (Å²) in [6.07, 6.45) is 0. The normalized spacial score (nSPS) is 10.2. The second kappa shape index (κ2) is 4.82. The molecule has 0 aliphatic heterocycles. The average molecular weight is 236 g/mol. The molecule has 88 valence electrons. The van der Waals surface area contributed by atoms with E-state index in [-0.39, 0.29) is 18.1 Å². The van der Waals surface area contributed by atoms with Gasteiger partial charge in [-0.3, -0.25) is 0 Å². The number of para-hydroxylation sites is 2. The third-order valence-electron chi connectivity index (χ3n) is 2.18. The van der Waals surface area contributed by atoms with Gasteiger partial charge in [0.2, 0.25) is 0 Å². The highest BCUT2D eigenvalue weighted by atomic mass is 19.1. The van der Waals surface area contributed by atoms with Gasteiger partial charge >= 0.3 is 0 Å². The molecule has 4 heteroatoms. The molecule has 0 aromatic heterocycles. The molecule has 0 aliphatic rings. The molecule has 0 atom stereocenters. The number of phenols is 1. The van der Waals surface area contributed by atoms with E-state index in [1.54, 1.807) is 18.2 Å². The van der Waals surface area contributed by atoms with Gasteiger partial charge in [0.05, 0.1) is 0 Å². The van der Waals surface area contributed by atoms with Crippen LogP contribution < -0.4 is 4.74 Å². The molecule has 0 saturated heterocycles. The van der Waals surface area contributed by atoms with Crippen molar-refractivity contribution in [3.63, 3.8) is 0 Å². The summed E-state index contributed by atoms with van der Waals surface area (Å²) in [5, 5.41) is 9.42. The van der Waals surface area contributed by atoms with E-state index >= 15 is 0 Å². The lowest BCUT2D eigenvalue weighted by atomic mass is 10.2. The van der Waals surface area contributed by atoms with Crippen LogP contribution in [0.4, 0.5) is 8.78 Å². The molecule has 0 spiro atoms. The topological polar surface area (TPSA) is 29.5 Å². The molecule has 2 nitrogen and oxygen atoms in total. The van der Waals surface area contributed by atoms with Crippen LogP contribution in [0.25, 0.3) is 0 Å². The summed E-state index contributed by atoms with van der Waals surface area (Å²) in [6.45, 7) is -0.00769. The number of halogens is 2.